The van der Waals surface area contributed by atoms with E-state index in [2.05, 4.69) is 31.1 Å². The molecule has 0 atom stereocenters. The van der Waals surface area contributed by atoms with Crippen molar-refractivity contribution in [1.29, 1.82) is 0 Å². The number of likely N-dealkylation sites (tertiary alicyclic amines) is 1. The average Bonchev–Trinajstić information content (AvgIpc) is 2.40. The maximum absolute atomic E-state index is 8.89. The predicted molar refractivity (Wildman–Crippen MR) is 76.7 cm³/mol. The Bertz CT molecular complexity index is 350. The zero-order valence-electron chi connectivity index (χ0n) is 10.5. The SMILES string of the molecule is OCCN1CCC(CNc2ccc(Br)cn2)CC1. The van der Waals surface area contributed by atoms with Crippen molar-refractivity contribution in [2.75, 3.05) is 38.1 Å². The van der Waals surface area contributed by atoms with Gasteiger partial charge in [-0.2, -0.15) is 0 Å². The standard InChI is InChI=1S/C13H20BrN3O/c14-12-1-2-13(16-10-12)15-9-11-3-5-17(6-4-11)7-8-18/h1-2,10-11,18H,3-9H2,(H,15,16). The number of aliphatic hydroxyl groups is 1. The molecule has 0 spiro atoms. The number of piperidine rings is 1. The highest BCUT2D eigenvalue weighted by Gasteiger charge is 2.18. The van der Waals surface area contributed by atoms with Crippen molar-refractivity contribution in [1.82, 2.24) is 9.88 Å². The molecule has 100 valence electrons. The van der Waals surface area contributed by atoms with Crippen molar-refractivity contribution >= 4 is 21.7 Å². The van der Waals surface area contributed by atoms with Crippen molar-refractivity contribution in [3.63, 3.8) is 0 Å². The quantitative estimate of drug-likeness (QED) is 0.872. The number of hydrogen-bond donors (Lipinski definition) is 2. The minimum atomic E-state index is 0.270. The van der Waals surface area contributed by atoms with E-state index in [1.165, 1.54) is 12.8 Å². The molecule has 1 fully saturated rings. The smallest absolute Gasteiger partial charge is 0.125 e. The molecule has 0 radical (unpaired) electrons. The molecule has 2 rings (SSSR count). The summed E-state index contributed by atoms with van der Waals surface area (Å²) in [5.74, 6) is 1.65. The Kier molecular flexibility index (Phi) is 5.41. The van der Waals surface area contributed by atoms with Crippen LogP contribution in [0, 0.1) is 5.92 Å². The van der Waals surface area contributed by atoms with Gasteiger partial charge in [-0.3, -0.25) is 0 Å². The normalized spacial score (nSPS) is 17.9. The maximum atomic E-state index is 8.89. The van der Waals surface area contributed by atoms with Gasteiger partial charge in [0.2, 0.25) is 0 Å². The second kappa shape index (κ2) is 7.07. The number of hydrogen-bond acceptors (Lipinski definition) is 4. The summed E-state index contributed by atoms with van der Waals surface area (Å²) in [6.07, 6.45) is 4.21. The molecular formula is C13H20BrN3O. The van der Waals surface area contributed by atoms with Gasteiger partial charge in [0.15, 0.2) is 0 Å². The Morgan fingerprint density at radius 2 is 2.17 bits per heavy atom. The molecule has 1 aromatic rings. The van der Waals surface area contributed by atoms with Gasteiger partial charge in [0.25, 0.3) is 0 Å². The van der Waals surface area contributed by atoms with Gasteiger partial charge in [-0.25, -0.2) is 4.98 Å². The topological polar surface area (TPSA) is 48.4 Å². The molecule has 1 aliphatic heterocycles. The minimum absolute atomic E-state index is 0.270. The molecule has 0 unspecified atom stereocenters. The fraction of sp³-hybridized carbons (Fsp3) is 0.615. The van der Waals surface area contributed by atoms with E-state index >= 15 is 0 Å². The Labute approximate surface area is 117 Å². The number of aliphatic hydroxyl groups excluding tert-OH is 1. The second-order valence-corrected chi connectivity index (χ2v) is 5.67. The van der Waals surface area contributed by atoms with Crippen LogP contribution >= 0.6 is 15.9 Å². The van der Waals surface area contributed by atoms with Gasteiger partial charge in [-0.05, 0) is 59.9 Å². The molecule has 4 nitrogen and oxygen atoms in total. The van der Waals surface area contributed by atoms with E-state index in [1.807, 2.05) is 18.3 Å². The molecule has 1 aliphatic rings. The molecule has 1 aromatic heterocycles. The summed E-state index contributed by atoms with van der Waals surface area (Å²) in [6, 6.07) is 3.99. The lowest BCUT2D eigenvalue weighted by Crippen LogP contribution is -2.37. The van der Waals surface area contributed by atoms with Crippen LogP contribution in [-0.4, -0.2) is 47.8 Å². The monoisotopic (exact) mass is 313 g/mol. The third-order valence-corrected chi connectivity index (χ3v) is 3.89. The zero-order chi connectivity index (χ0) is 12.8. The van der Waals surface area contributed by atoms with Gasteiger partial charge in [0, 0.05) is 23.8 Å². The van der Waals surface area contributed by atoms with Crippen LogP contribution < -0.4 is 5.32 Å². The number of nitrogens with one attached hydrogen (secondary N) is 1. The molecule has 2 N–H and O–H groups in total. The lowest BCUT2D eigenvalue weighted by molar-refractivity contribution is 0.151. The molecular weight excluding hydrogens is 294 g/mol. The number of anilines is 1. The molecule has 0 aromatic carbocycles. The molecule has 5 heteroatoms. The predicted octanol–water partition coefficient (Wildman–Crippen LogP) is 1.96. The maximum Gasteiger partial charge on any atom is 0.125 e. The largest absolute Gasteiger partial charge is 0.395 e. The number of rotatable bonds is 5. The van der Waals surface area contributed by atoms with Crippen molar-refractivity contribution in [2.24, 2.45) is 5.92 Å². The third-order valence-electron chi connectivity index (χ3n) is 3.42. The van der Waals surface area contributed by atoms with E-state index in [-0.39, 0.29) is 6.61 Å². The van der Waals surface area contributed by atoms with E-state index in [4.69, 9.17) is 5.11 Å². The van der Waals surface area contributed by atoms with E-state index in [0.29, 0.717) is 5.92 Å². The zero-order valence-corrected chi connectivity index (χ0v) is 12.1. The molecule has 0 bridgehead atoms. The summed E-state index contributed by atoms with van der Waals surface area (Å²) >= 11 is 3.38. The van der Waals surface area contributed by atoms with Crippen molar-refractivity contribution < 1.29 is 5.11 Å². The van der Waals surface area contributed by atoms with Crippen LogP contribution in [0.25, 0.3) is 0 Å². The highest BCUT2D eigenvalue weighted by atomic mass is 79.9. The average molecular weight is 314 g/mol. The van der Waals surface area contributed by atoms with Crippen LogP contribution in [0.4, 0.5) is 5.82 Å². The summed E-state index contributed by atoms with van der Waals surface area (Å²) < 4.78 is 1.00. The third kappa shape index (κ3) is 4.23. The van der Waals surface area contributed by atoms with Crippen LogP contribution in [0.5, 0.6) is 0 Å². The van der Waals surface area contributed by atoms with E-state index in [9.17, 15) is 0 Å². The van der Waals surface area contributed by atoms with Gasteiger partial charge in [-0.1, -0.05) is 0 Å². The fourth-order valence-corrected chi connectivity index (χ4v) is 2.52. The molecule has 18 heavy (non-hydrogen) atoms. The van der Waals surface area contributed by atoms with Gasteiger partial charge < -0.3 is 15.3 Å². The Morgan fingerprint density at radius 1 is 1.39 bits per heavy atom. The summed E-state index contributed by atoms with van der Waals surface area (Å²) in [4.78, 5) is 6.63. The summed E-state index contributed by atoms with van der Waals surface area (Å²) in [7, 11) is 0. The van der Waals surface area contributed by atoms with Crippen LogP contribution in [0.1, 0.15) is 12.8 Å². The van der Waals surface area contributed by atoms with Crippen molar-refractivity contribution in [3.8, 4) is 0 Å². The first-order chi connectivity index (χ1) is 8.78. The molecule has 2 heterocycles. The molecule has 0 aliphatic carbocycles. The van der Waals surface area contributed by atoms with Gasteiger partial charge in [0.1, 0.15) is 5.82 Å². The van der Waals surface area contributed by atoms with E-state index in [1.54, 1.807) is 0 Å². The number of halogens is 1. The lowest BCUT2D eigenvalue weighted by atomic mass is 9.97. The fourth-order valence-electron chi connectivity index (χ4n) is 2.28. The van der Waals surface area contributed by atoms with Crippen LogP contribution in [-0.2, 0) is 0 Å². The van der Waals surface area contributed by atoms with Gasteiger partial charge >= 0.3 is 0 Å². The first-order valence-electron chi connectivity index (χ1n) is 6.46. The highest BCUT2D eigenvalue weighted by Crippen LogP contribution is 2.18. The Hall–Kier alpha value is -0.650. The Balaban J connectivity index is 1.70. The highest BCUT2D eigenvalue weighted by molar-refractivity contribution is 9.10. The number of aromatic nitrogens is 1. The summed E-state index contributed by atoms with van der Waals surface area (Å²) in [5.41, 5.74) is 0. The summed E-state index contributed by atoms with van der Waals surface area (Å²) in [6.45, 7) is 4.27. The number of nitrogens with zero attached hydrogens (tertiary/aromatic N) is 2. The van der Waals surface area contributed by atoms with Crippen molar-refractivity contribution in [2.45, 2.75) is 12.8 Å². The molecule has 0 amide bonds. The van der Waals surface area contributed by atoms with E-state index in [0.717, 1.165) is 36.5 Å². The van der Waals surface area contributed by atoms with Crippen LogP contribution in [0.15, 0.2) is 22.8 Å². The first-order valence-corrected chi connectivity index (χ1v) is 7.26. The van der Waals surface area contributed by atoms with Crippen LogP contribution in [0.3, 0.4) is 0 Å². The Morgan fingerprint density at radius 3 is 2.78 bits per heavy atom. The minimum Gasteiger partial charge on any atom is -0.395 e. The first kappa shape index (κ1) is 13.8. The van der Waals surface area contributed by atoms with Crippen molar-refractivity contribution in [3.05, 3.63) is 22.8 Å². The second-order valence-electron chi connectivity index (χ2n) is 4.75. The number of β-amino-alcohol motifs (C(OH)–C–C–N with tert-alkyl or cyclic N) is 1. The van der Waals surface area contributed by atoms with E-state index < -0.39 is 0 Å². The van der Waals surface area contributed by atoms with Gasteiger partial charge in [-0.15, -0.1) is 0 Å². The lowest BCUT2D eigenvalue weighted by Gasteiger charge is -2.31. The molecule has 0 saturated carbocycles. The van der Waals surface area contributed by atoms with Crippen LogP contribution in [0.2, 0.25) is 0 Å². The molecule has 1 saturated heterocycles. The van der Waals surface area contributed by atoms with Gasteiger partial charge in [0.05, 0.1) is 6.61 Å². The summed E-state index contributed by atoms with van der Waals surface area (Å²) in [5, 5.41) is 12.3. The number of pyridine rings is 1.